The molecule has 0 spiro atoms. The van der Waals surface area contributed by atoms with E-state index in [4.69, 9.17) is 19.2 Å². The quantitative estimate of drug-likeness (QED) is 0.345. The van der Waals surface area contributed by atoms with Crippen molar-refractivity contribution in [1.29, 1.82) is 0 Å². The van der Waals surface area contributed by atoms with E-state index < -0.39 is 30.1 Å². The summed E-state index contributed by atoms with van der Waals surface area (Å²) in [7, 11) is 0. The predicted molar refractivity (Wildman–Crippen MR) is 127 cm³/mol. The van der Waals surface area contributed by atoms with E-state index in [1.165, 1.54) is 0 Å². The third-order valence-corrected chi connectivity index (χ3v) is 7.97. The van der Waals surface area contributed by atoms with Gasteiger partial charge >= 0.3 is 5.97 Å². The molecule has 7 rings (SSSR count). The number of benzene rings is 1. The van der Waals surface area contributed by atoms with E-state index in [1.54, 1.807) is 23.6 Å². The monoisotopic (exact) mass is 505 g/mol. The molecule has 0 unspecified atom stereocenters. The SMILES string of the molecule is CC[C@@]1(O)C(=O)OCc2c1cc1n(c2=O)Cc2c-1nc1cc3c(c4c1c2[C@H](NC(=O)CO)CC4)OCO3. The van der Waals surface area contributed by atoms with Crippen molar-refractivity contribution in [1.82, 2.24) is 14.9 Å². The number of ether oxygens (including phenoxy) is 3. The van der Waals surface area contributed by atoms with Crippen molar-refractivity contribution < 1.29 is 34.0 Å². The van der Waals surface area contributed by atoms with Gasteiger partial charge < -0.3 is 34.3 Å². The van der Waals surface area contributed by atoms with Gasteiger partial charge in [0.1, 0.15) is 13.2 Å². The number of esters is 1. The van der Waals surface area contributed by atoms with Gasteiger partial charge in [0.2, 0.25) is 12.7 Å². The van der Waals surface area contributed by atoms with Crippen LogP contribution in [-0.2, 0) is 39.5 Å². The maximum absolute atomic E-state index is 13.6. The third-order valence-electron chi connectivity index (χ3n) is 7.97. The molecule has 5 heterocycles. The number of aliphatic hydroxyl groups excluding tert-OH is 1. The molecular formula is C26H23N3O8. The molecule has 0 bridgehead atoms. The standard InChI is InChI=1S/C26H23N3O8/c1-2-26(34)14-5-17-22-12(7-29(17)24(32)13(14)9-35-25(26)33)21-15(27-19(31)8-30)4-3-11-20(21)16(28-22)6-18-23(11)37-10-36-18/h5-6,15,30,34H,2-4,7-10H2,1H3,(H,27,31)/t15-,26+/m1/s1. The van der Waals surface area contributed by atoms with E-state index in [2.05, 4.69) is 5.32 Å². The van der Waals surface area contributed by atoms with Crippen LogP contribution in [0, 0.1) is 0 Å². The van der Waals surface area contributed by atoms with E-state index in [9.17, 15) is 24.6 Å². The summed E-state index contributed by atoms with van der Waals surface area (Å²) in [5, 5.41) is 24.3. The average molecular weight is 505 g/mol. The zero-order valence-corrected chi connectivity index (χ0v) is 19.9. The number of fused-ring (bicyclic) bond motifs is 7. The van der Waals surface area contributed by atoms with Gasteiger partial charge in [-0.05, 0) is 30.9 Å². The molecular weight excluding hydrogens is 482 g/mol. The smallest absolute Gasteiger partial charge is 0.343 e. The van der Waals surface area contributed by atoms with E-state index in [0.29, 0.717) is 41.2 Å². The van der Waals surface area contributed by atoms with Crippen molar-refractivity contribution in [3.8, 4) is 22.9 Å². The Morgan fingerprint density at radius 1 is 1.22 bits per heavy atom. The van der Waals surface area contributed by atoms with Crippen molar-refractivity contribution in [2.75, 3.05) is 13.4 Å². The molecule has 3 N–H and O–H groups in total. The number of hydrogen-bond acceptors (Lipinski definition) is 9. The molecule has 0 fully saturated rings. The number of amides is 1. The Labute approximate surface area is 209 Å². The molecule has 11 heteroatoms. The van der Waals surface area contributed by atoms with Crippen molar-refractivity contribution in [3.05, 3.63) is 50.3 Å². The van der Waals surface area contributed by atoms with Gasteiger partial charge in [0.15, 0.2) is 17.1 Å². The number of rotatable bonds is 3. The Kier molecular flexibility index (Phi) is 4.53. The van der Waals surface area contributed by atoms with Crippen LogP contribution < -0.4 is 20.3 Å². The lowest BCUT2D eigenvalue weighted by Gasteiger charge is -2.31. The van der Waals surface area contributed by atoms with E-state index in [-0.39, 0.29) is 43.1 Å². The highest BCUT2D eigenvalue weighted by molar-refractivity contribution is 5.96. The maximum Gasteiger partial charge on any atom is 0.343 e. The normalized spacial score (nSPS) is 22.4. The Bertz CT molecular complexity index is 1630. The van der Waals surface area contributed by atoms with Gasteiger partial charge in [-0.1, -0.05) is 6.92 Å². The highest BCUT2D eigenvalue weighted by atomic mass is 16.7. The minimum Gasteiger partial charge on any atom is -0.458 e. The van der Waals surface area contributed by atoms with Crippen LogP contribution >= 0.6 is 0 Å². The highest BCUT2D eigenvalue weighted by Crippen LogP contribution is 2.50. The molecule has 2 aromatic heterocycles. The Balaban J connectivity index is 1.52. The molecule has 0 radical (unpaired) electrons. The molecule has 0 saturated carbocycles. The number of carbonyl (C=O) groups excluding carboxylic acids is 2. The van der Waals surface area contributed by atoms with Crippen molar-refractivity contribution in [3.63, 3.8) is 0 Å². The molecule has 3 aromatic rings. The number of carbonyl (C=O) groups is 2. The van der Waals surface area contributed by atoms with E-state index in [0.717, 1.165) is 22.1 Å². The van der Waals surface area contributed by atoms with Gasteiger partial charge in [0.25, 0.3) is 5.56 Å². The number of pyridine rings is 2. The first-order chi connectivity index (χ1) is 17.9. The first-order valence-electron chi connectivity index (χ1n) is 12.2. The largest absolute Gasteiger partial charge is 0.458 e. The van der Waals surface area contributed by atoms with Crippen LogP contribution in [0.2, 0.25) is 0 Å². The summed E-state index contributed by atoms with van der Waals surface area (Å²) >= 11 is 0. The summed E-state index contributed by atoms with van der Waals surface area (Å²) < 4.78 is 18.1. The van der Waals surface area contributed by atoms with Gasteiger partial charge in [-0.25, -0.2) is 9.78 Å². The second-order valence-corrected chi connectivity index (χ2v) is 9.76. The molecule has 1 amide bonds. The number of hydrogen-bond donors (Lipinski definition) is 3. The van der Waals surface area contributed by atoms with Gasteiger partial charge in [0, 0.05) is 28.1 Å². The summed E-state index contributed by atoms with van der Waals surface area (Å²) in [6.07, 6.45) is 1.22. The minimum atomic E-state index is -1.92. The minimum absolute atomic E-state index is 0.0487. The molecule has 190 valence electrons. The van der Waals surface area contributed by atoms with Crippen LogP contribution in [0.25, 0.3) is 22.3 Å². The molecule has 11 nitrogen and oxygen atoms in total. The maximum atomic E-state index is 13.6. The highest BCUT2D eigenvalue weighted by Gasteiger charge is 2.46. The number of cyclic esters (lactones) is 1. The Morgan fingerprint density at radius 3 is 2.84 bits per heavy atom. The average Bonchev–Trinajstić information content (AvgIpc) is 3.52. The second kappa shape index (κ2) is 7.53. The second-order valence-electron chi connectivity index (χ2n) is 9.76. The van der Waals surface area contributed by atoms with Crippen molar-refractivity contribution >= 4 is 22.8 Å². The van der Waals surface area contributed by atoms with Crippen LogP contribution in [0.4, 0.5) is 0 Å². The summed E-state index contributed by atoms with van der Waals surface area (Å²) in [6, 6.07) is 3.04. The number of nitrogens with one attached hydrogen (secondary N) is 1. The zero-order chi connectivity index (χ0) is 25.6. The summed E-state index contributed by atoms with van der Waals surface area (Å²) in [5.41, 5.74) is 2.36. The first-order valence-corrected chi connectivity index (χ1v) is 12.2. The fourth-order valence-electron chi connectivity index (χ4n) is 6.17. The third kappa shape index (κ3) is 2.83. The molecule has 1 aliphatic carbocycles. The molecule has 37 heavy (non-hydrogen) atoms. The zero-order valence-electron chi connectivity index (χ0n) is 19.9. The van der Waals surface area contributed by atoms with Crippen LogP contribution in [-0.4, -0.2) is 45.0 Å². The lowest BCUT2D eigenvalue weighted by atomic mass is 9.82. The van der Waals surface area contributed by atoms with E-state index in [1.807, 2.05) is 0 Å². The molecule has 2 atom stereocenters. The first kappa shape index (κ1) is 22.3. The summed E-state index contributed by atoms with van der Waals surface area (Å²) in [4.78, 5) is 43.3. The topological polar surface area (TPSA) is 149 Å². The van der Waals surface area contributed by atoms with Gasteiger partial charge in [-0.15, -0.1) is 0 Å². The van der Waals surface area contributed by atoms with Crippen LogP contribution in [0.15, 0.2) is 16.9 Å². The predicted octanol–water partition coefficient (Wildman–Crippen LogP) is 0.904. The number of nitrogens with zero attached hydrogens (tertiary/aromatic N) is 2. The fourth-order valence-corrected chi connectivity index (χ4v) is 6.17. The Hall–Kier alpha value is -3.96. The summed E-state index contributed by atoms with van der Waals surface area (Å²) in [6.45, 7) is 1.11. The van der Waals surface area contributed by atoms with Gasteiger partial charge in [-0.3, -0.25) is 9.59 Å². The van der Waals surface area contributed by atoms with Crippen molar-refractivity contribution in [2.24, 2.45) is 0 Å². The lowest BCUT2D eigenvalue weighted by molar-refractivity contribution is -0.172. The Morgan fingerprint density at radius 2 is 2.05 bits per heavy atom. The fraction of sp³-hybridized carbons (Fsp3) is 0.385. The number of aromatic nitrogens is 2. The van der Waals surface area contributed by atoms with E-state index >= 15 is 0 Å². The number of aliphatic hydroxyl groups is 2. The lowest BCUT2D eigenvalue weighted by Crippen LogP contribution is -2.44. The molecule has 3 aliphatic heterocycles. The van der Waals surface area contributed by atoms with Crippen LogP contribution in [0.1, 0.15) is 53.6 Å². The summed E-state index contributed by atoms with van der Waals surface area (Å²) in [5.74, 6) is -0.0348. The molecule has 0 saturated heterocycles. The van der Waals surface area contributed by atoms with Gasteiger partial charge in [0.05, 0.1) is 35.1 Å². The van der Waals surface area contributed by atoms with Gasteiger partial charge in [-0.2, -0.15) is 0 Å². The van der Waals surface area contributed by atoms with Crippen LogP contribution in [0.3, 0.4) is 0 Å². The molecule has 1 aromatic carbocycles. The van der Waals surface area contributed by atoms with Crippen molar-refractivity contribution in [2.45, 2.75) is 51.0 Å². The van der Waals surface area contributed by atoms with Crippen LogP contribution in [0.5, 0.6) is 11.5 Å². The number of aryl methyl sites for hydroxylation is 1. The molecule has 4 aliphatic rings.